The van der Waals surface area contributed by atoms with Crippen LogP contribution in [0, 0.1) is 5.92 Å². The first-order valence-corrected chi connectivity index (χ1v) is 5.89. The van der Waals surface area contributed by atoms with Gasteiger partial charge in [-0.2, -0.15) is 0 Å². The van der Waals surface area contributed by atoms with Crippen molar-refractivity contribution in [3.05, 3.63) is 0 Å². The van der Waals surface area contributed by atoms with Gasteiger partial charge in [-0.15, -0.1) is 0 Å². The van der Waals surface area contributed by atoms with Crippen molar-refractivity contribution in [2.75, 3.05) is 7.11 Å². The molecule has 0 heterocycles. The van der Waals surface area contributed by atoms with Crippen molar-refractivity contribution in [2.24, 2.45) is 5.92 Å². The van der Waals surface area contributed by atoms with Crippen LogP contribution >= 0.6 is 0 Å². The highest BCUT2D eigenvalue weighted by Gasteiger charge is 2.19. The minimum absolute atomic E-state index is 0.572. The van der Waals surface area contributed by atoms with Crippen LogP contribution < -0.4 is 0 Å². The van der Waals surface area contributed by atoms with Gasteiger partial charge in [0.05, 0.1) is 6.10 Å². The highest BCUT2D eigenvalue weighted by molar-refractivity contribution is 4.72. The van der Waals surface area contributed by atoms with Crippen molar-refractivity contribution < 1.29 is 4.74 Å². The van der Waals surface area contributed by atoms with Crippen molar-refractivity contribution in [1.29, 1.82) is 0 Å². The lowest BCUT2D eigenvalue weighted by Crippen LogP contribution is -2.20. The predicted molar refractivity (Wildman–Crippen MR) is 56.9 cm³/mol. The van der Waals surface area contributed by atoms with Gasteiger partial charge in [0.25, 0.3) is 0 Å². The second kappa shape index (κ2) is 6.42. The summed E-state index contributed by atoms with van der Waals surface area (Å²) in [5.74, 6) is 1.01. The van der Waals surface area contributed by atoms with E-state index in [2.05, 4.69) is 6.92 Å². The van der Waals surface area contributed by atoms with E-state index in [1.165, 1.54) is 51.4 Å². The van der Waals surface area contributed by atoms with Crippen molar-refractivity contribution in [1.82, 2.24) is 0 Å². The lowest BCUT2D eigenvalue weighted by molar-refractivity contribution is 0.0552. The number of rotatable bonds is 5. The van der Waals surface area contributed by atoms with Gasteiger partial charge in [-0.25, -0.2) is 0 Å². The molecule has 0 aromatic heterocycles. The Kier molecular flexibility index (Phi) is 5.45. The van der Waals surface area contributed by atoms with Gasteiger partial charge in [-0.05, 0) is 31.6 Å². The van der Waals surface area contributed by atoms with E-state index < -0.39 is 0 Å². The molecule has 0 spiro atoms. The number of ether oxygens (including phenoxy) is 1. The second-order valence-corrected chi connectivity index (χ2v) is 4.37. The fourth-order valence-corrected chi connectivity index (χ4v) is 2.34. The molecule has 1 nitrogen and oxygen atoms in total. The van der Waals surface area contributed by atoms with Crippen LogP contribution in [0.2, 0.25) is 0 Å². The SMILES string of the molecule is CCCCC[C@H]1CC[C@H](OC)CC1. The summed E-state index contributed by atoms with van der Waals surface area (Å²) < 4.78 is 5.37. The first-order chi connectivity index (χ1) is 6.36. The van der Waals surface area contributed by atoms with Crippen LogP contribution in [-0.2, 0) is 4.74 Å². The van der Waals surface area contributed by atoms with Gasteiger partial charge < -0.3 is 4.74 Å². The second-order valence-electron chi connectivity index (χ2n) is 4.37. The molecule has 0 radical (unpaired) electrons. The van der Waals surface area contributed by atoms with Crippen LogP contribution in [0.5, 0.6) is 0 Å². The Morgan fingerprint density at radius 2 is 1.77 bits per heavy atom. The standard InChI is InChI=1S/C12H24O/c1-3-4-5-6-11-7-9-12(13-2)10-8-11/h11-12H,3-10H2,1-2H3/t11-,12-. The molecule has 1 aliphatic rings. The summed E-state index contributed by atoms with van der Waals surface area (Å²) in [6.07, 6.45) is 11.7. The smallest absolute Gasteiger partial charge is 0.0571 e. The van der Waals surface area contributed by atoms with E-state index in [0.717, 1.165) is 5.92 Å². The summed E-state index contributed by atoms with van der Waals surface area (Å²) in [6.45, 7) is 2.28. The van der Waals surface area contributed by atoms with Gasteiger partial charge in [0.2, 0.25) is 0 Å². The topological polar surface area (TPSA) is 9.23 Å². The monoisotopic (exact) mass is 184 g/mol. The maximum absolute atomic E-state index is 5.37. The molecule has 78 valence electrons. The first-order valence-electron chi connectivity index (χ1n) is 5.89. The van der Waals surface area contributed by atoms with Crippen LogP contribution in [0.15, 0.2) is 0 Å². The number of hydrogen-bond acceptors (Lipinski definition) is 1. The summed E-state index contributed by atoms with van der Waals surface area (Å²) in [4.78, 5) is 0. The normalized spacial score (nSPS) is 29.1. The van der Waals surface area contributed by atoms with E-state index in [0.29, 0.717) is 6.10 Å². The third-order valence-corrected chi connectivity index (χ3v) is 3.34. The van der Waals surface area contributed by atoms with Gasteiger partial charge in [0.1, 0.15) is 0 Å². The fraction of sp³-hybridized carbons (Fsp3) is 1.00. The van der Waals surface area contributed by atoms with E-state index in [1.807, 2.05) is 7.11 Å². The van der Waals surface area contributed by atoms with E-state index in [4.69, 9.17) is 4.74 Å². The number of hydrogen-bond donors (Lipinski definition) is 0. The lowest BCUT2D eigenvalue weighted by Gasteiger charge is -2.27. The van der Waals surface area contributed by atoms with Gasteiger partial charge in [0.15, 0.2) is 0 Å². The van der Waals surface area contributed by atoms with E-state index >= 15 is 0 Å². The molecule has 1 saturated carbocycles. The minimum atomic E-state index is 0.572. The zero-order valence-electron chi connectivity index (χ0n) is 9.22. The van der Waals surface area contributed by atoms with Gasteiger partial charge in [-0.1, -0.05) is 32.6 Å². The predicted octanol–water partition coefficient (Wildman–Crippen LogP) is 3.77. The molecular weight excluding hydrogens is 160 g/mol. The van der Waals surface area contributed by atoms with Crippen LogP contribution in [0.4, 0.5) is 0 Å². The molecule has 13 heavy (non-hydrogen) atoms. The molecule has 0 amide bonds. The maximum Gasteiger partial charge on any atom is 0.0571 e. The largest absolute Gasteiger partial charge is 0.381 e. The van der Waals surface area contributed by atoms with E-state index in [-0.39, 0.29) is 0 Å². The van der Waals surface area contributed by atoms with Crippen LogP contribution in [0.1, 0.15) is 58.3 Å². The zero-order chi connectivity index (χ0) is 9.52. The molecule has 0 aromatic rings. The Morgan fingerprint density at radius 3 is 2.31 bits per heavy atom. The average Bonchev–Trinajstić information content (AvgIpc) is 2.19. The summed E-state index contributed by atoms with van der Waals surface area (Å²) in [6, 6.07) is 0. The van der Waals surface area contributed by atoms with Crippen LogP contribution in [0.3, 0.4) is 0 Å². The Bertz CT molecular complexity index is 112. The van der Waals surface area contributed by atoms with Crippen LogP contribution in [0.25, 0.3) is 0 Å². The molecule has 0 N–H and O–H groups in total. The minimum Gasteiger partial charge on any atom is -0.381 e. The summed E-state index contributed by atoms with van der Waals surface area (Å²) in [7, 11) is 1.85. The summed E-state index contributed by atoms with van der Waals surface area (Å²) in [5.41, 5.74) is 0. The molecule has 1 heteroatoms. The maximum atomic E-state index is 5.37. The Morgan fingerprint density at radius 1 is 1.08 bits per heavy atom. The lowest BCUT2D eigenvalue weighted by atomic mass is 9.84. The number of unbranched alkanes of at least 4 members (excludes halogenated alkanes) is 2. The first kappa shape index (κ1) is 11.0. The molecule has 0 bridgehead atoms. The Labute approximate surface area is 82.9 Å². The molecule has 0 aliphatic heterocycles. The Hall–Kier alpha value is -0.0400. The quantitative estimate of drug-likeness (QED) is 0.591. The van der Waals surface area contributed by atoms with Crippen molar-refractivity contribution in [2.45, 2.75) is 64.4 Å². The number of methoxy groups -OCH3 is 1. The van der Waals surface area contributed by atoms with Crippen LogP contribution in [-0.4, -0.2) is 13.2 Å². The summed E-state index contributed by atoms with van der Waals surface area (Å²) in [5, 5.41) is 0. The fourth-order valence-electron chi connectivity index (χ4n) is 2.34. The molecule has 0 aromatic carbocycles. The summed E-state index contributed by atoms with van der Waals surface area (Å²) >= 11 is 0. The van der Waals surface area contributed by atoms with Gasteiger partial charge in [-0.3, -0.25) is 0 Å². The van der Waals surface area contributed by atoms with Crippen molar-refractivity contribution in [3.8, 4) is 0 Å². The van der Waals surface area contributed by atoms with E-state index in [9.17, 15) is 0 Å². The highest BCUT2D eigenvalue weighted by atomic mass is 16.5. The third-order valence-electron chi connectivity index (χ3n) is 3.34. The molecule has 0 unspecified atom stereocenters. The van der Waals surface area contributed by atoms with Gasteiger partial charge >= 0.3 is 0 Å². The molecule has 0 saturated heterocycles. The Balaban J connectivity index is 2.03. The highest BCUT2D eigenvalue weighted by Crippen LogP contribution is 2.29. The van der Waals surface area contributed by atoms with Gasteiger partial charge in [0, 0.05) is 7.11 Å². The molecule has 1 fully saturated rings. The third kappa shape index (κ3) is 4.12. The average molecular weight is 184 g/mol. The molecular formula is C12H24O. The zero-order valence-corrected chi connectivity index (χ0v) is 9.22. The molecule has 1 aliphatic carbocycles. The molecule has 1 rings (SSSR count). The van der Waals surface area contributed by atoms with E-state index in [1.54, 1.807) is 0 Å². The van der Waals surface area contributed by atoms with Crippen molar-refractivity contribution in [3.63, 3.8) is 0 Å². The van der Waals surface area contributed by atoms with Crippen molar-refractivity contribution >= 4 is 0 Å². The molecule has 0 atom stereocenters.